The Hall–Kier alpha value is -1.32. The van der Waals surface area contributed by atoms with Crippen LogP contribution in [-0.4, -0.2) is 25.2 Å². The molecular weight excluding hydrogens is 244 g/mol. The summed E-state index contributed by atoms with van der Waals surface area (Å²) in [5, 5.41) is 0. The molecule has 1 rings (SSSR count). The quantitative estimate of drug-likeness (QED) is 0.366. The third-order valence-corrected chi connectivity index (χ3v) is 3.16. The van der Waals surface area contributed by atoms with Crippen molar-refractivity contribution in [3.05, 3.63) is 11.6 Å². The van der Waals surface area contributed by atoms with Crippen LogP contribution in [-0.2, 0) is 19.1 Å². The van der Waals surface area contributed by atoms with E-state index in [1.54, 1.807) is 0 Å². The van der Waals surface area contributed by atoms with Crippen molar-refractivity contribution < 1.29 is 19.1 Å². The topological polar surface area (TPSA) is 52.6 Å². The van der Waals surface area contributed by atoms with Gasteiger partial charge in [0.05, 0.1) is 13.2 Å². The average Bonchev–Trinajstić information content (AvgIpc) is 2.77. The van der Waals surface area contributed by atoms with Gasteiger partial charge in [-0.3, -0.25) is 4.79 Å². The zero-order valence-corrected chi connectivity index (χ0v) is 11.8. The van der Waals surface area contributed by atoms with Crippen molar-refractivity contribution in [1.82, 2.24) is 0 Å². The van der Waals surface area contributed by atoms with Crippen LogP contribution in [0.1, 0.15) is 58.3 Å². The van der Waals surface area contributed by atoms with E-state index >= 15 is 0 Å². The van der Waals surface area contributed by atoms with E-state index in [0.717, 1.165) is 37.7 Å². The van der Waals surface area contributed by atoms with Crippen molar-refractivity contribution in [2.75, 3.05) is 13.2 Å². The highest BCUT2D eigenvalue weighted by molar-refractivity contribution is 5.90. The molecule has 1 heterocycles. The summed E-state index contributed by atoms with van der Waals surface area (Å²) < 4.78 is 9.74. The highest BCUT2D eigenvalue weighted by atomic mass is 16.5. The fourth-order valence-corrected chi connectivity index (χ4v) is 2.08. The van der Waals surface area contributed by atoms with E-state index in [4.69, 9.17) is 9.47 Å². The maximum atomic E-state index is 11.2. The maximum absolute atomic E-state index is 11.2. The Kier molecular flexibility index (Phi) is 7.94. The van der Waals surface area contributed by atoms with E-state index in [2.05, 4.69) is 0 Å². The lowest BCUT2D eigenvalue weighted by atomic mass is 10.1. The molecule has 0 atom stereocenters. The van der Waals surface area contributed by atoms with Gasteiger partial charge in [0.15, 0.2) is 0 Å². The van der Waals surface area contributed by atoms with Gasteiger partial charge in [-0.15, -0.1) is 0 Å². The first-order valence-electron chi connectivity index (χ1n) is 7.19. The van der Waals surface area contributed by atoms with Gasteiger partial charge >= 0.3 is 11.9 Å². The Bertz CT molecular complexity index is 320. The Morgan fingerprint density at radius 3 is 2.53 bits per heavy atom. The Morgan fingerprint density at radius 1 is 1.21 bits per heavy atom. The molecule has 0 aromatic carbocycles. The number of carbonyl (C=O) groups is 2. The van der Waals surface area contributed by atoms with Crippen LogP contribution >= 0.6 is 0 Å². The molecule has 0 amide bonds. The van der Waals surface area contributed by atoms with Crippen molar-refractivity contribution in [2.45, 2.75) is 58.3 Å². The average molecular weight is 268 g/mol. The molecule has 0 aliphatic carbocycles. The lowest BCUT2D eigenvalue weighted by molar-refractivity contribution is -0.141. The van der Waals surface area contributed by atoms with Crippen molar-refractivity contribution >= 4 is 11.9 Å². The second kappa shape index (κ2) is 9.59. The highest BCUT2D eigenvalue weighted by Crippen LogP contribution is 2.15. The molecule has 0 unspecified atom stereocenters. The van der Waals surface area contributed by atoms with Gasteiger partial charge in [0.2, 0.25) is 0 Å². The first-order valence-corrected chi connectivity index (χ1v) is 7.19. The molecule has 0 bridgehead atoms. The number of esters is 2. The summed E-state index contributed by atoms with van der Waals surface area (Å²) in [5.74, 6) is -0.330. The van der Waals surface area contributed by atoms with Gasteiger partial charge in [-0.1, -0.05) is 31.8 Å². The fraction of sp³-hybridized carbons (Fsp3) is 0.733. The molecule has 1 aliphatic heterocycles. The molecule has 1 fully saturated rings. The number of rotatable bonds is 9. The van der Waals surface area contributed by atoms with Gasteiger partial charge in [-0.2, -0.15) is 0 Å². The Balaban J connectivity index is 1.86. The van der Waals surface area contributed by atoms with Crippen LogP contribution in [0.15, 0.2) is 11.6 Å². The number of unbranched alkanes of at least 4 members (excludes halogenated alkanes) is 6. The number of allylic oxidation sites excluding steroid dienone is 1. The van der Waals surface area contributed by atoms with Crippen molar-refractivity contribution in [3.63, 3.8) is 0 Å². The van der Waals surface area contributed by atoms with Crippen molar-refractivity contribution in [1.29, 1.82) is 0 Å². The van der Waals surface area contributed by atoms with E-state index in [-0.39, 0.29) is 11.9 Å². The zero-order chi connectivity index (χ0) is 13.9. The third kappa shape index (κ3) is 7.65. The smallest absolute Gasteiger partial charge is 0.333 e. The third-order valence-electron chi connectivity index (χ3n) is 3.16. The summed E-state index contributed by atoms with van der Waals surface area (Å²) in [6, 6.07) is 0. The first-order chi connectivity index (χ1) is 9.20. The molecule has 4 nitrogen and oxygen atoms in total. The van der Waals surface area contributed by atoms with Crippen LogP contribution in [0.2, 0.25) is 0 Å². The predicted molar refractivity (Wildman–Crippen MR) is 72.6 cm³/mol. The number of hydrogen-bond acceptors (Lipinski definition) is 4. The van der Waals surface area contributed by atoms with Crippen LogP contribution in [0, 0.1) is 0 Å². The molecule has 0 N–H and O–H groups in total. The predicted octanol–water partition coefficient (Wildman–Crippen LogP) is 3.15. The summed E-state index contributed by atoms with van der Waals surface area (Å²) in [6.07, 6.45) is 10.5. The zero-order valence-electron chi connectivity index (χ0n) is 11.8. The molecule has 1 saturated heterocycles. The maximum Gasteiger partial charge on any atom is 0.333 e. The van der Waals surface area contributed by atoms with Crippen LogP contribution in [0.25, 0.3) is 0 Å². The number of cyclic esters (lactones) is 1. The second-order valence-corrected chi connectivity index (χ2v) is 4.87. The van der Waals surface area contributed by atoms with Gasteiger partial charge in [-0.25, -0.2) is 4.79 Å². The van der Waals surface area contributed by atoms with Crippen LogP contribution < -0.4 is 0 Å². The summed E-state index contributed by atoms with van der Waals surface area (Å²) in [7, 11) is 0. The largest absolute Gasteiger partial charge is 0.466 e. The summed E-state index contributed by atoms with van der Waals surface area (Å²) in [6.45, 7) is 2.53. The molecule has 0 aromatic rings. The van der Waals surface area contributed by atoms with Gasteiger partial charge < -0.3 is 9.47 Å². The fourth-order valence-electron chi connectivity index (χ4n) is 2.08. The molecule has 0 saturated carbocycles. The highest BCUT2D eigenvalue weighted by Gasteiger charge is 2.17. The van der Waals surface area contributed by atoms with Crippen LogP contribution in [0.5, 0.6) is 0 Å². The van der Waals surface area contributed by atoms with Gasteiger partial charge in [0.25, 0.3) is 0 Å². The summed E-state index contributed by atoms with van der Waals surface area (Å²) >= 11 is 0. The molecule has 4 heteroatoms. The van der Waals surface area contributed by atoms with E-state index < -0.39 is 0 Å². The van der Waals surface area contributed by atoms with Crippen molar-refractivity contribution in [2.24, 2.45) is 0 Å². The van der Waals surface area contributed by atoms with Crippen molar-refractivity contribution in [3.8, 4) is 0 Å². The molecule has 0 aromatic heterocycles. The van der Waals surface area contributed by atoms with Gasteiger partial charge in [0.1, 0.15) is 0 Å². The Labute approximate surface area is 115 Å². The Morgan fingerprint density at radius 2 is 1.89 bits per heavy atom. The molecular formula is C15H24O4. The molecule has 108 valence electrons. The van der Waals surface area contributed by atoms with E-state index in [1.165, 1.54) is 26.2 Å². The minimum atomic E-state index is -0.196. The molecule has 0 radical (unpaired) electrons. The summed E-state index contributed by atoms with van der Waals surface area (Å²) in [4.78, 5) is 21.7. The lowest BCUT2D eigenvalue weighted by Gasteiger charge is -2.02. The van der Waals surface area contributed by atoms with Gasteiger partial charge in [0, 0.05) is 18.9 Å². The van der Waals surface area contributed by atoms with E-state index in [1.807, 2.05) is 6.08 Å². The normalized spacial score (nSPS) is 16.7. The van der Waals surface area contributed by atoms with Gasteiger partial charge in [-0.05, 0) is 19.3 Å². The molecule has 0 spiro atoms. The lowest BCUT2D eigenvalue weighted by Crippen LogP contribution is -2.00. The minimum Gasteiger partial charge on any atom is -0.466 e. The standard InChI is InChI=1S/C15H24O4/c1-13(16)18-11-8-6-4-2-3-5-7-9-14-10-12-19-15(14)17/h9H,2-8,10-12H2,1H3/b14-9-. The minimum absolute atomic E-state index is 0.134. The SMILES string of the molecule is CC(=O)OCCCCCCCC/C=C1/CCOC1=O. The number of hydrogen-bond donors (Lipinski definition) is 0. The monoisotopic (exact) mass is 268 g/mol. The number of ether oxygens (including phenoxy) is 2. The molecule has 19 heavy (non-hydrogen) atoms. The number of carbonyl (C=O) groups excluding carboxylic acids is 2. The first kappa shape index (κ1) is 15.7. The van der Waals surface area contributed by atoms with Crippen LogP contribution in [0.3, 0.4) is 0 Å². The second-order valence-electron chi connectivity index (χ2n) is 4.87. The van der Waals surface area contributed by atoms with Crippen LogP contribution in [0.4, 0.5) is 0 Å². The summed E-state index contributed by atoms with van der Waals surface area (Å²) in [5.41, 5.74) is 0.849. The molecule has 1 aliphatic rings. The van der Waals surface area contributed by atoms with E-state index in [0.29, 0.717) is 13.2 Å². The van der Waals surface area contributed by atoms with E-state index in [9.17, 15) is 9.59 Å².